The molecular weight excluding hydrogens is 400 g/mol. The molecule has 1 aliphatic carbocycles. The SMILES string of the molecule is CCC1=CC([Si](c2cc(C)cc(C)c2)(c2cc(C)cc(C)c2)c2cc(C)cc(C)c2)C=C1. The van der Waals surface area contributed by atoms with Gasteiger partial charge in [-0.25, -0.2) is 0 Å². The van der Waals surface area contributed by atoms with Crippen LogP contribution in [0, 0.1) is 41.5 Å². The molecule has 1 aliphatic rings. The molecule has 0 saturated heterocycles. The predicted molar refractivity (Wildman–Crippen MR) is 144 cm³/mol. The van der Waals surface area contributed by atoms with Crippen LogP contribution >= 0.6 is 0 Å². The third-order valence-corrected chi connectivity index (χ3v) is 11.8. The lowest BCUT2D eigenvalue weighted by Crippen LogP contribution is -2.69. The van der Waals surface area contributed by atoms with Gasteiger partial charge in [0, 0.05) is 5.54 Å². The van der Waals surface area contributed by atoms with Crippen LogP contribution in [0.15, 0.2) is 78.4 Å². The van der Waals surface area contributed by atoms with Crippen LogP contribution in [0.4, 0.5) is 0 Å². The van der Waals surface area contributed by atoms with E-state index in [2.05, 4.69) is 121 Å². The highest BCUT2D eigenvalue weighted by Crippen LogP contribution is 2.33. The molecule has 32 heavy (non-hydrogen) atoms. The van der Waals surface area contributed by atoms with Crippen molar-refractivity contribution >= 4 is 23.6 Å². The van der Waals surface area contributed by atoms with Gasteiger partial charge in [-0.3, -0.25) is 0 Å². The van der Waals surface area contributed by atoms with E-state index in [1.807, 2.05) is 0 Å². The van der Waals surface area contributed by atoms with Crippen molar-refractivity contribution in [1.82, 2.24) is 0 Å². The first-order valence-corrected chi connectivity index (χ1v) is 14.0. The van der Waals surface area contributed by atoms with Crippen molar-refractivity contribution in [2.75, 3.05) is 0 Å². The summed E-state index contributed by atoms with van der Waals surface area (Å²) in [5.41, 5.74) is 9.99. The molecule has 0 radical (unpaired) electrons. The molecule has 164 valence electrons. The number of hydrogen-bond acceptors (Lipinski definition) is 0. The fraction of sp³-hybridized carbons (Fsp3) is 0.290. The molecule has 0 N–H and O–H groups in total. The highest BCUT2D eigenvalue weighted by Gasteiger charge is 2.46. The smallest absolute Gasteiger partial charge is 0.0790 e. The summed E-state index contributed by atoms with van der Waals surface area (Å²) in [4.78, 5) is 0. The van der Waals surface area contributed by atoms with Gasteiger partial charge in [-0.15, -0.1) is 0 Å². The Bertz CT molecular complexity index is 1040. The monoisotopic (exact) mass is 436 g/mol. The van der Waals surface area contributed by atoms with E-state index in [1.165, 1.54) is 54.5 Å². The maximum absolute atomic E-state index is 2.57. The Morgan fingerprint density at radius 2 is 0.906 bits per heavy atom. The normalized spacial score (nSPS) is 15.8. The fourth-order valence-electron chi connectivity index (χ4n) is 5.76. The van der Waals surface area contributed by atoms with Crippen LogP contribution in [0.25, 0.3) is 0 Å². The summed E-state index contributed by atoms with van der Waals surface area (Å²) < 4.78 is 0. The molecule has 0 aliphatic heterocycles. The minimum atomic E-state index is -2.40. The van der Waals surface area contributed by atoms with E-state index < -0.39 is 8.07 Å². The van der Waals surface area contributed by atoms with Gasteiger partial charge < -0.3 is 0 Å². The third-order valence-electron chi connectivity index (χ3n) is 6.85. The Morgan fingerprint density at radius 1 is 0.562 bits per heavy atom. The topological polar surface area (TPSA) is 0 Å². The Balaban J connectivity index is 2.18. The lowest BCUT2D eigenvalue weighted by atomic mass is 10.1. The largest absolute Gasteiger partial charge is 0.158 e. The summed E-state index contributed by atoms with van der Waals surface area (Å²) in [6.07, 6.45) is 8.53. The Morgan fingerprint density at radius 3 is 1.19 bits per heavy atom. The lowest BCUT2D eigenvalue weighted by Gasteiger charge is -2.39. The first-order chi connectivity index (χ1) is 15.2. The number of rotatable bonds is 5. The third kappa shape index (κ3) is 4.07. The number of aryl methyl sites for hydroxylation is 6. The van der Waals surface area contributed by atoms with Crippen molar-refractivity contribution in [3.63, 3.8) is 0 Å². The summed E-state index contributed by atoms with van der Waals surface area (Å²) >= 11 is 0. The van der Waals surface area contributed by atoms with Gasteiger partial charge in [-0.05, 0) is 63.5 Å². The average Bonchev–Trinajstić information content (AvgIpc) is 3.16. The molecule has 1 heteroatoms. The summed E-state index contributed by atoms with van der Waals surface area (Å²) in [6.45, 7) is 15.7. The molecular formula is C31H36Si. The molecule has 3 aromatic carbocycles. The van der Waals surface area contributed by atoms with E-state index in [-0.39, 0.29) is 0 Å². The molecule has 0 nitrogen and oxygen atoms in total. The van der Waals surface area contributed by atoms with Gasteiger partial charge in [0.25, 0.3) is 0 Å². The molecule has 1 unspecified atom stereocenters. The molecule has 1 atom stereocenters. The molecule has 0 fully saturated rings. The molecule has 0 amide bonds. The second-order valence-electron chi connectivity index (χ2n) is 9.92. The van der Waals surface area contributed by atoms with E-state index in [1.54, 1.807) is 0 Å². The minimum absolute atomic E-state index is 0.404. The standard InChI is InChI=1S/C31H36Si/c1-8-27-9-10-28(20-27)32(29-14-21(2)11-22(3)15-29,30-16-23(4)12-24(5)17-30)31-18-25(6)13-26(7)19-31/h9-20,28H,8H2,1-7H3. The van der Waals surface area contributed by atoms with Crippen molar-refractivity contribution < 1.29 is 0 Å². The van der Waals surface area contributed by atoms with Gasteiger partial charge in [0.05, 0.1) is 0 Å². The first-order valence-electron chi connectivity index (χ1n) is 11.9. The second kappa shape index (κ2) is 8.71. The minimum Gasteiger partial charge on any atom is -0.0790 e. The van der Waals surface area contributed by atoms with Gasteiger partial charge >= 0.3 is 0 Å². The molecule has 0 aromatic heterocycles. The Kier molecular flexibility index (Phi) is 6.14. The van der Waals surface area contributed by atoms with Gasteiger partial charge in [0.1, 0.15) is 0 Å². The van der Waals surface area contributed by atoms with Crippen LogP contribution in [-0.4, -0.2) is 8.07 Å². The van der Waals surface area contributed by atoms with E-state index in [4.69, 9.17) is 0 Å². The van der Waals surface area contributed by atoms with Gasteiger partial charge in [0.15, 0.2) is 8.07 Å². The number of hydrogen-bond donors (Lipinski definition) is 0. The zero-order chi connectivity index (χ0) is 23.0. The van der Waals surface area contributed by atoms with Gasteiger partial charge in [-0.1, -0.05) is 119 Å². The summed E-state index contributed by atoms with van der Waals surface area (Å²) in [7, 11) is -2.40. The molecule has 3 aromatic rings. The van der Waals surface area contributed by atoms with Crippen molar-refractivity contribution in [3.05, 3.63) is 112 Å². The van der Waals surface area contributed by atoms with Gasteiger partial charge in [-0.2, -0.15) is 0 Å². The highest BCUT2D eigenvalue weighted by molar-refractivity contribution is 7.13. The molecule has 0 saturated carbocycles. The molecule has 0 bridgehead atoms. The molecule has 0 heterocycles. The zero-order valence-corrected chi connectivity index (χ0v) is 21.7. The molecule has 4 rings (SSSR count). The zero-order valence-electron chi connectivity index (χ0n) is 20.7. The van der Waals surface area contributed by atoms with Crippen molar-refractivity contribution in [2.45, 2.75) is 60.4 Å². The van der Waals surface area contributed by atoms with Crippen LogP contribution in [-0.2, 0) is 0 Å². The summed E-state index contributed by atoms with van der Waals surface area (Å²) in [6, 6.07) is 21.8. The quantitative estimate of drug-likeness (QED) is 0.326. The Labute approximate surface area is 195 Å². The van der Waals surface area contributed by atoms with E-state index in [0.29, 0.717) is 5.54 Å². The van der Waals surface area contributed by atoms with Crippen molar-refractivity contribution in [3.8, 4) is 0 Å². The van der Waals surface area contributed by atoms with Crippen LogP contribution in [0.5, 0.6) is 0 Å². The van der Waals surface area contributed by atoms with Crippen LogP contribution in [0.1, 0.15) is 46.7 Å². The highest BCUT2D eigenvalue weighted by atomic mass is 28.3. The average molecular weight is 437 g/mol. The van der Waals surface area contributed by atoms with E-state index in [9.17, 15) is 0 Å². The number of allylic oxidation sites excluding steroid dienone is 4. The van der Waals surface area contributed by atoms with E-state index in [0.717, 1.165) is 6.42 Å². The number of benzene rings is 3. The van der Waals surface area contributed by atoms with Crippen LogP contribution in [0.2, 0.25) is 5.54 Å². The molecule has 0 spiro atoms. The predicted octanol–water partition coefficient (Wildman–Crippen LogP) is 6.28. The van der Waals surface area contributed by atoms with Crippen LogP contribution in [0.3, 0.4) is 0 Å². The lowest BCUT2D eigenvalue weighted by molar-refractivity contribution is 1.15. The van der Waals surface area contributed by atoms with Crippen LogP contribution < -0.4 is 15.6 Å². The summed E-state index contributed by atoms with van der Waals surface area (Å²) in [5.74, 6) is 0. The maximum Gasteiger partial charge on any atom is 0.158 e. The fourth-order valence-corrected chi connectivity index (χ4v) is 11.5. The maximum atomic E-state index is 2.57. The van der Waals surface area contributed by atoms with Crippen molar-refractivity contribution in [2.24, 2.45) is 0 Å². The first kappa shape index (κ1) is 22.5. The van der Waals surface area contributed by atoms with E-state index >= 15 is 0 Å². The van der Waals surface area contributed by atoms with Crippen molar-refractivity contribution in [1.29, 1.82) is 0 Å². The summed E-state index contributed by atoms with van der Waals surface area (Å²) in [5, 5.41) is 4.56. The Hall–Kier alpha value is -2.64. The second-order valence-corrected chi connectivity index (χ2v) is 13.9. The van der Waals surface area contributed by atoms with Gasteiger partial charge in [0.2, 0.25) is 0 Å².